The number of halogens is 1. The first-order chi connectivity index (χ1) is 13.5. The van der Waals surface area contributed by atoms with Crippen molar-refractivity contribution >= 4 is 34.5 Å². The van der Waals surface area contributed by atoms with Gasteiger partial charge < -0.3 is 4.57 Å². The van der Waals surface area contributed by atoms with Crippen molar-refractivity contribution in [2.45, 2.75) is 26.3 Å². The summed E-state index contributed by atoms with van der Waals surface area (Å²) in [4.78, 5) is 29.3. The molecule has 1 aliphatic carbocycles. The zero-order valence-electron chi connectivity index (χ0n) is 15.0. The second kappa shape index (κ2) is 7.33. The molecule has 0 saturated heterocycles. The third kappa shape index (κ3) is 3.16. The fraction of sp³-hybridized carbons (Fsp3) is 0.200. The quantitative estimate of drug-likeness (QED) is 0.463. The first-order valence-electron chi connectivity index (χ1n) is 8.83. The van der Waals surface area contributed by atoms with Crippen molar-refractivity contribution in [3.8, 4) is 11.3 Å². The number of aromatic nitrogens is 1. The van der Waals surface area contributed by atoms with E-state index >= 15 is 0 Å². The highest BCUT2D eigenvalue weighted by atomic mass is 35.5. The van der Waals surface area contributed by atoms with Crippen LogP contribution in [0.2, 0.25) is 5.02 Å². The molecule has 6 nitrogen and oxygen atoms in total. The summed E-state index contributed by atoms with van der Waals surface area (Å²) in [5.41, 5.74) is 3.43. The van der Waals surface area contributed by atoms with E-state index in [-0.39, 0.29) is 16.3 Å². The molecule has 1 amide bonds. The van der Waals surface area contributed by atoms with Crippen LogP contribution in [0, 0.1) is 10.1 Å². The van der Waals surface area contributed by atoms with Crippen LogP contribution in [0.25, 0.3) is 11.3 Å². The van der Waals surface area contributed by atoms with Gasteiger partial charge in [-0.25, -0.2) is 0 Å². The van der Waals surface area contributed by atoms with Gasteiger partial charge in [-0.05, 0) is 37.5 Å². The number of fused-ring (bicyclic) bond motifs is 3. The second-order valence-electron chi connectivity index (χ2n) is 6.40. The molecule has 0 aliphatic heterocycles. The number of amides is 1. The maximum atomic E-state index is 12.7. The van der Waals surface area contributed by atoms with Crippen molar-refractivity contribution in [3.05, 3.63) is 78.4 Å². The van der Waals surface area contributed by atoms with Crippen LogP contribution in [0.1, 0.15) is 27.7 Å². The van der Waals surface area contributed by atoms with Crippen LogP contribution in [0.5, 0.6) is 0 Å². The molecule has 1 aromatic heterocycles. The van der Waals surface area contributed by atoms with Crippen LogP contribution in [-0.2, 0) is 19.4 Å². The lowest BCUT2D eigenvalue weighted by atomic mass is 9.93. The summed E-state index contributed by atoms with van der Waals surface area (Å²) < 4.78 is 2.04. The minimum absolute atomic E-state index is 0.00614. The summed E-state index contributed by atoms with van der Waals surface area (Å²) in [6.07, 6.45) is 1.87. The van der Waals surface area contributed by atoms with Crippen molar-refractivity contribution in [1.29, 1.82) is 0 Å². The van der Waals surface area contributed by atoms with Gasteiger partial charge in [0.25, 0.3) is 11.6 Å². The molecule has 0 unspecified atom stereocenters. The van der Waals surface area contributed by atoms with Gasteiger partial charge >= 0.3 is 0 Å². The Kier molecular flexibility index (Phi) is 4.87. The van der Waals surface area contributed by atoms with E-state index in [4.69, 9.17) is 11.6 Å². The normalized spacial score (nSPS) is 13.1. The van der Waals surface area contributed by atoms with Gasteiger partial charge in [-0.15, -0.1) is 11.3 Å². The van der Waals surface area contributed by atoms with E-state index in [1.54, 1.807) is 0 Å². The highest BCUT2D eigenvalue weighted by Crippen LogP contribution is 2.34. The number of aryl methyl sites for hydroxylation is 2. The molecule has 28 heavy (non-hydrogen) atoms. The molecular weight excluding hydrogens is 398 g/mol. The number of hydrogen-bond donors (Lipinski definition) is 0. The van der Waals surface area contributed by atoms with Gasteiger partial charge in [0.05, 0.1) is 10.6 Å². The third-order valence-electron chi connectivity index (χ3n) is 4.78. The fourth-order valence-corrected chi connectivity index (χ4v) is 4.84. The minimum Gasteiger partial charge on any atom is -0.316 e. The molecule has 4 rings (SSSR count). The minimum atomic E-state index is -0.605. The predicted molar refractivity (Wildman–Crippen MR) is 109 cm³/mol. The summed E-state index contributed by atoms with van der Waals surface area (Å²) in [6.45, 7) is 2.69. The van der Waals surface area contributed by atoms with Crippen LogP contribution >= 0.6 is 22.9 Å². The van der Waals surface area contributed by atoms with Crippen LogP contribution in [-0.4, -0.2) is 15.4 Å². The summed E-state index contributed by atoms with van der Waals surface area (Å²) in [5, 5.41) is 11.1. The predicted octanol–water partition coefficient (Wildman–Crippen LogP) is 4.64. The Bertz CT molecular complexity index is 1180. The van der Waals surface area contributed by atoms with Gasteiger partial charge in [0.15, 0.2) is 4.80 Å². The molecule has 142 valence electrons. The molecule has 2 aromatic carbocycles. The smallest absolute Gasteiger partial charge is 0.288 e. The Morgan fingerprint density at radius 2 is 2.07 bits per heavy atom. The van der Waals surface area contributed by atoms with Crippen molar-refractivity contribution < 1.29 is 9.72 Å². The number of carbonyl (C=O) groups is 1. The van der Waals surface area contributed by atoms with E-state index < -0.39 is 10.8 Å². The van der Waals surface area contributed by atoms with Crippen LogP contribution in [0.4, 0.5) is 5.69 Å². The number of rotatable bonds is 3. The van der Waals surface area contributed by atoms with E-state index in [2.05, 4.69) is 17.1 Å². The van der Waals surface area contributed by atoms with Crippen LogP contribution in [0.15, 0.2) is 47.5 Å². The van der Waals surface area contributed by atoms with E-state index in [0.717, 1.165) is 18.5 Å². The zero-order chi connectivity index (χ0) is 19.8. The van der Waals surface area contributed by atoms with Crippen molar-refractivity contribution in [3.63, 3.8) is 0 Å². The second-order valence-corrected chi connectivity index (χ2v) is 7.87. The molecular formula is C20H16ClN3O3S. The van der Waals surface area contributed by atoms with Gasteiger partial charge in [0.2, 0.25) is 0 Å². The summed E-state index contributed by atoms with van der Waals surface area (Å²) in [6, 6.07) is 12.3. The molecule has 0 saturated carbocycles. The molecule has 0 atom stereocenters. The highest BCUT2D eigenvalue weighted by Gasteiger charge is 2.22. The fourth-order valence-electron chi connectivity index (χ4n) is 3.46. The highest BCUT2D eigenvalue weighted by molar-refractivity contribution is 7.09. The van der Waals surface area contributed by atoms with Crippen molar-refractivity contribution in [2.24, 2.45) is 4.99 Å². The Morgan fingerprint density at radius 3 is 2.82 bits per heavy atom. The number of nitro groups is 1. The number of hydrogen-bond acceptors (Lipinski definition) is 4. The van der Waals surface area contributed by atoms with E-state index in [1.807, 2.05) is 23.6 Å². The lowest BCUT2D eigenvalue weighted by Gasteiger charge is -2.17. The molecule has 0 bridgehead atoms. The maximum Gasteiger partial charge on any atom is 0.288 e. The first-order valence-corrected chi connectivity index (χ1v) is 10.0. The van der Waals surface area contributed by atoms with Crippen LogP contribution < -0.4 is 4.80 Å². The SMILES string of the molecule is CCn1c2c(sc1=NC(=O)c1ccc(Cl)c([N+](=O)[O-])c1)CCc1ccccc1-2. The van der Waals surface area contributed by atoms with Crippen molar-refractivity contribution in [1.82, 2.24) is 4.57 Å². The Hall–Kier alpha value is -2.77. The van der Waals surface area contributed by atoms with Gasteiger partial charge in [0, 0.05) is 28.6 Å². The molecule has 0 radical (unpaired) electrons. The summed E-state index contributed by atoms with van der Waals surface area (Å²) in [7, 11) is 0. The third-order valence-corrected chi connectivity index (χ3v) is 6.23. The molecule has 0 spiro atoms. The van der Waals surface area contributed by atoms with Gasteiger partial charge in [-0.2, -0.15) is 4.99 Å². The van der Waals surface area contributed by atoms with E-state index in [1.165, 1.54) is 45.5 Å². The van der Waals surface area contributed by atoms with Gasteiger partial charge in [0.1, 0.15) is 5.02 Å². The summed E-state index contributed by atoms with van der Waals surface area (Å²) >= 11 is 7.34. The average Bonchev–Trinajstić information content (AvgIpc) is 3.05. The largest absolute Gasteiger partial charge is 0.316 e. The monoisotopic (exact) mass is 413 g/mol. The Morgan fingerprint density at radius 1 is 1.29 bits per heavy atom. The molecule has 0 N–H and O–H groups in total. The topological polar surface area (TPSA) is 77.5 Å². The van der Waals surface area contributed by atoms with Gasteiger partial charge in [-0.1, -0.05) is 35.9 Å². The lowest BCUT2D eigenvalue weighted by molar-refractivity contribution is -0.384. The average molecular weight is 414 g/mol. The lowest BCUT2D eigenvalue weighted by Crippen LogP contribution is -2.18. The van der Waals surface area contributed by atoms with E-state index in [9.17, 15) is 14.9 Å². The molecule has 1 aliphatic rings. The standard InChI is InChI=1S/C20H16ClN3O3S/c1-2-23-18-14-6-4-3-5-12(14)8-10-17(18)28-20(23)22-19(25)13-7-9-15(21)16(11-13)24(26)27/h3-7,9,11H,2,8,10H2,1H3. The number of nitrogens with zero attached hydrogens (tertiary/aromatic N) is 3. The summed E-state index contributed by atoms with van der Waals surface area (Å²) in [5.74, 6) is -0.520. The maximum absolute atomic E-state index is 12.7. The Labute approximate surface area is 169 Å². The zero-order valence-corrected chi connectivity index (χ0v) is 16.6. The van der Waals surface area contributed by atoms with Crippen molar-refractivity contribution in [2.75, 3.05) is 0 Å². The number of nitro benzene ring substituents is 1. The molecule has 0 fully saturated rings. The first kappa shape index (κ1) is 18.6. The number of carbonyl (C=O) groups excluding carboxylic acids is 1. The molecule has 1 heterocycles. The van der Waals surface area contributed by atoms with Gasteiger partial charge in [-0.3, -0.25) is 14.9 Å². The molecule has 8 heteroatoms. The Balaban J connectivity index is 1.82. The number of benzene rings is 2. The van der Waals surface area contributed by atoms with Crippen LogP contribution in [0.3, 0.4) is 0 Å². The number of thiazole rings is 1. The van der Waals surface area contributed by atoms with E-state index in [0.29, 0.717) is 11.3 Å². The molecule has 3 aromatic rings.